The van der Waals surface area contributed by atoms with E-state index in [2.05, 4.69) is 4.98 Å². The molecule has 1 atom stereocenters. The van der Waals surface area contributed by atoms with Gasteiger partial charge in [0.25, 0.3) is 5.78 Å². The molecule has 2 heterocycles. The lowest BCUT2D eigenvalue weighted by atomic mass is 9.95. The number of amides is 1. The Morgan fingerprint density at radius 2 is 1.94 bits per heavy atom. The van der Waals surface area contributed by atoms with Crippen molar-refractivity contribution >= 4 is 33.9 Å². The van der Waals surface area contributed by atoms with Crippen LogP contribution in [0, 0.1) is 0 Å². The van der Waals surface area contributed by atoms with Crippen LogP contribution >= 0.6 is 11.3 Å². The van der Waals surface area contributed by atoms with E-state index >= 15 is 0 Å². The molecule has 1 amide bonds. The average molecular weight is 467 g/mol. The number of aliphatic hydroxyl groups excluding tert-OH is 1. The van der Waals surface area contributed by atoms with Crippen molar-refractivity contribution in [2.45, 2.75) is 13.0 Å². The molecule has 8 nitrogen and oxygen atoms in total. The van der Waals surface area contributed by atoms with Crippen molar-refractivity contribution in [2.75, 3.05) is 25.7 Å². The number of anilines is 1. The van der Waals surface area contributed by atoms with E-state index in [9.17, 15) is 14.7 Å². The zero-order valence-corrected chi connectivity index (χ0v) is 19.1. The molecule has 1 N–H and O–H groups in total. The van der Waals surface area contributed by atoms with E-state index in [1.54, 1.807) is 54.0 Å². The molecule has 170 valence electrons. The first kappa shape index (κ1) is 22.3. The summed E-state index contributed by atoms with van der Waals surface area (Å²) in [5.41, 5.74) is 0.873. The molecule has 0 radical (unpaired) electrons. The van der Waals surface area contributed by atoms with Crippen LogP contribution in [-0.4, -0.2) is 42.6 Å². The van der Waals surface area contributed by atoms with Crippen LogP contribution in [0.3, 0.4) is 0 Å². The van der Waals surface area contributed by atoms with Gasteiger partial charge in [-0.05, 0) is 36.8 Å². The lowest BCUT2D eigenvalue weighted by Crippen LogP contribution is -2.29. The summed E-state index contributed by atoms with van der Waals surface area (Å²) in [6.07, 6.45) is 1.55. The van der Waals surface area contributed by atoms with Crippen molar-refractivity contribution in [3.63, 3.8) is 0 Å². The molecule has 1 unspecified atom stereocenters. The average Bonchev–Trinajstić information content (AvgIpc) is 3.46. The molecule has 1 aliphatic rings. The van der Waals surface area contributed by atoms with Crippen LogP contribution in [0.2, 0.25) is 0 Å². The predicted octanol–water partition coefficient (Wildman–Crippen LogP) is 4.19. The molecule has 4 rings (SSSR count). The second-order valence-corrected chi connectivity index (χ2v) is 7.93. The Bertz CT molecular complexity index is 1220. The van der Waals surface area contributed by atoms with Crippen molar-refractivity contribution in [1.82, 2.24) is 4.98 Å². The summed E-state index contributed by atoms with van der Waals surface area (Å²) in [4.78, 5) is 31.8. The van der Waals surface area contributed by atoms with Crippen molar-refractivity contribution in [3.8, 4) is 17.2 Å². The summed E-state index contributed by atoms with van der Waals surface area (Å²) in [6.45, 7) is 2.31. The van der Waals surface area contributed by atoms with Crippen LogP contribution in [-0.2, 0) is 9.59 Å². The zero-order valence-electron chi connectivity index (χ0n) is 18.3. The monoisotopic (exact) mass is 466 g/mol. The fourth-order valence-corrected chi connectivity index (χ4v) is 4.40. The molecule has 3 aromatic rings. The highest BCUT2D eigenvalue weighted by Crippen LogP contribution is 2.44. The Hall–Kier alpha value is -3.85. The molecule has 0 aliphatic carbocycles. The van der Waals surface area contributed by atoms with Gasteiger partial charge in [0.1, 0.15) is 11.5 Å². The highest BCUT2D eigenvalue weighted by atomic mass is 32.1. The highest BCUT2D eigenvalue weighted by molar-refractivity contribution is 7.14. The number of aromatic nitrogens is 1. The first-order chi connectivity index (χ1) is 16.0. The van der Waals surface area contributed by atoms with E-state index in [1.165, 1.54) is 30.5 Å². The minimum Gasteiger partial charge on any atom is -0.507 e. The lowest BCUT2D eigenvalue weighted by Gasteiger charge is -2.24. The fraction of sp³-hybridized carbons (Fsp3) is 0.208. The second kappa shape index (κ2) is 9.33. The van der Waals surface area contributed by atoms with E-state index in [1.807, 2.05) is 6.92 Å². The molecule has 1 saturated heterocycles. The summed E-state index contributed by atoms with van der Waals surface area (Å²) in [7, 11) is 3.02. The van der Waals surface area contributed by atoms with Gasteiger partial charge in [-0.25, -0.2) is 4.98 Å². The number of hydrogen-bond donors (Lipinski definition) is 1. The summed E-state index contributed by atoms with van der Waals surface area (Å²) in [5, 5.41) is 13.3. The molecule has 0 bridgehead atoms. The van der Waals surface area contributed by atoms with Gasteiger partial charge in [0, 0.05) is 17.1 Å². The number of hydrogen-bond acceptors (Lipinski definition) is 8. The smallest absolute Gasteiger partial charge is 0.301 e. The van der Waals surface area contributed by atoms with Crippen LogP contribution in [0.5, 0.6) is 17.2 Å². The number of thiazole rings is 1. The van der Waals surface area contributed by atoms with Gasteiger partial charge in [0.05, 0.1) is 32.4 Å². The van der Waals surface area contributed by atoms with Gasteiger partial charge in [0.2, 0.25) is 0 Å². The minimum atomic E-state index is -0.910. The number of carbonyl (C=O) groups excluding carboxylic acids is 2. The molecule has 1 aromatic heterocycles. The number of rotatable bonds is 7. The van der Waals surface area contributed by atoms with Gasteiger partial charge in [-0.3, -0.25) is 14.5 Å². The van der Waals surface area contributed by atoms with E-state index in [-0.39, 0.29) is 11.3 Å². The molecule has 1 aliphatic heterocycles. The predicted molar refractivity (Wildman–Crippen MR) is 124 cm³/mol. The number of nitrogens with zero attached hydrogens (tertiary/aromatic N) is 2. The van der Waals surface area contributed by atoms with Crippen LogP contribution in [0.1, 0.15) is 24.1 Å². The van der Waals surface area contributed by atoms with Gasteiger partial charge in [-0.1, -0.05) is 18.2 Å². The third-order valence-corrected chi connectivity index (χ3v) is 5.99. The zero-order chi connectivity index (χ0) is 23.5. The molecule has 0 spiro atoms. The van der Waals surface area contributed by atoms with Crippen LogP contribution in [0.4, 0.5) is 5.13 Å². The number of aliphatic hydroxyl groups is 1. The number of carbonyl (C=O) groups is 2. The van der Waals surface area contributed by atoms with Gasteiger partial charge in [0.15, 0.2) is 16.6 Å². The second-order valence-electron chi connectivity index (χ2n) is 7.06. The van der Waals surface area contributed by atoms with Gasteiger partial charge in [-0.15, -0.1) is 11.3 Å². The lowest BCUT2D eigenvalue weighted by molar-refractivity contribution is -0.132. The van der Waals surface area contributed by atoms with Crippen LogP contribution < -0.4 is 19.1 Å². The topological polar surface area (TPSA) is 98.2 Å². The van der Waals surface area contributed by atoms with Gasteiger partial charge < -0.3 is 19.3 Å². The van der Waals surface area contributed by atoms with Crippen molar-refractivity contribution in [3.05, 3.63) is 70.7 Å². The molecule has 9 heteroatoms. The maximum Gasteiger partial charge on any atom is 0.301 e. The van der Waals surface area contributed by atoms with E-state index in [0.717, 1.165) is 0 Å². The number of ketones is 1. The molecule has 0 saturated carbocycles. The first-order valence-electron chi connectivity index (χ1n) is 10.2. The molecular weight excluding hydrogens is 444 g/mol. The Morgan fingerprint density at radius 1 is 1.12 bits per heavy atom. The third kappa shape index (κ3) is 4.03. The normalized spacial score (nSPS) is 17.3. The first-order valence-corrected chi connectivity index (χ1v) is 11.0. The summed E-state index contributed by atoms with van der Waals surface area (Å²) in [6, 6.07) is 10.9. The number of Topliss-reactive ketones (excluding diaryl/α,β-unsaturated/α-hetero) is 1. The highest BCUT2D eigenvalue weighted by Gasteiger charge is 2.48. The third-order valence-electron chi connectivity index (χ3n) is 5.22. The Morgan fingerprint density at radius 3 is 2.61 bits per heavy atom. The largest absolute Gasteiger partial charge is 0.507 e. The maximum atomic E-state index is 13.2. The summed E-state index contributed by atoms with van der Waals surface area (Å²) in [5.74, 6) is -0.393. The molecular formula is C24H22N2O6S. The fourth-order valence-electron chi connectivity index (χ4n) is 3.73. The number of methoxy groups -OCH3 is 2. The van der Waals surface area contributed by atoms with E-state index < -0.39 is 17.7 Å². The van der Waals surface area contributed by atoms with Crippen LogP contribution in [0.15, 0.2) is 59.6 Å². The van der Waals surface area contributed by atoms with Gasteiger partial charge in [-0.2, -0.15) is 0 Å². The van der Waals surface area contributed by atoms with Crippen molar-refractivity contribution in [1.29, 1.82) is 0 Å². The Kier molecular flexibility index (Phi) is 6.32. The number of ether oxygens (including phenoxy) is 3. The molecule has 2 aromatic carbocycles. The summed E-state index contributed by atoms with van der Waals surface area (Å²) < 4.78 is 16.3. The quantitative estimate of drug-likeness (QED) is 0.317. The van der Waals surface area contributed by atoms with E-state index in [4.69, 9.17) is 14.2 Å². The molecule has 1 fully saturated rings. The number of benzene rings is 2. The molecule has 33 heavy (non-hydrogen) atoms. The van der Waals surface area contributed by atoms with Crippen LogP contribution in [0.25, 0.3) is 5.76 Å². The maximum absolute atomic E-state index is 13.2. The van der Waals surface area contributed by atoms with Crippen molar-refractivity contribution < 1.29 is 28.9 Å². The summed E-state index contributed by atoms with van der Waals surface area (Å²) >= 11 is 1.22. The van der Waals surface area contributed by atoms with Crippen molar-refractivity contribution in [2.24, 2.45) is 0 Å². The van der Waals surface area contributed by atoms with Gasteiger partial charge >= 0.3 is 5.91 Å². The standard InChI is InChI=1S/C24H22N2O6S/c1-4-32-17-9-8-14(13-18(17)31-3)20-19(21(27)15-6-5-7-16(12-15)30-2)22(28)23(29)26(20)24-25-10-11-33-24/h5-13,20,27H,4H2,1-3H3. The minimum absolute atomic E-state index is 0.0466. The van der Waals surface area contributed by atoms with E-state index in [0.29, 0.717) is 40.1 Å². The Labute approximate surface area is 194 Å². The Balaban J connectivity index is 1.93. The SMILES string of the molecule is CCOc1ccc(C2C(=C(O)c3cccc(OC)c3)C(=O)C(=O)N2c2nccs2)cc1OC.